The smallest absolute Gasteiger partial charge is 0.225 e. The van der Waals surface area contributed by atoms with E-state index in [1.165, 1.54) is 10.4 Å². The van der Waals surface area contributed by atoms with Crippen molar-refractivity contribution in [1.29, 1.82) is 0 Å². The number of fused-ring (bicyclic) bond motifs is 1. The molecule has 1 aliphatic heterocycles. The van der Waals surface area contributed by atoms with E-state index in [1.54, 1.807) is 0 Å². The summed E-state index contributed by atoms with van der Waals surface area (Å²) >= 11 is 1.85. The van der Waals surface area contributed by atoms with Gasteiger partial charge in [0.15, 0.2) is 0 Å². The third-order valence-electron chi connectivity index (χ3n) is 3.34. The van der Waals surface area contributed by atoms with Crippen molar-refractivity contribution in [2.75, 3.05) is 11.4 Å². The van der Waals surface area contributed by atoms with Crippen molar-refractivity contribution < 1.29 is 0 Å². The minimum Gasteiger partial charge on any atom is -0.336 e. The first-order valence-electron chi connectivity index (χ1n) is 6.59. The minimum absolute atomic E-state index is 0.151. The van der Waals surface area contributed by atoms with E-state index in [-0.39, 0.29) is 6.04 Å². The van der Waals surface area contributed by atoms with Gasteiger partial charge in [-0.05, 0) is 42.3 Å². The van der Waals surface area contributed by atoms with Gasteiger partial charge in [0.25, 0.3) is 0 Å². The number of hydrogen-bond donors (Lipinski definition) is 1. The summed E-state index contributed by atoms with van der Waals surface area (Å²) in [6, 6.07) is 2.36. The Kier molecular flexibility index (Phi) is 3.48. The van der Waals surface area contributed by atoms with Gasteiger partial charge >= 0.3 is 0 Å². The van der Waals surface area contributed by atoms with E-state index in [9.17, 15) is 0 Å². The third kappa shape index (κ3) is 2.77. The van der Waals surface area contributed by atoms with Gasteiger partial charge in [0.05, 0.1) is 0 Å². The molecule has 1 atom stereocenters. The predicted octanol–water partition coefficient (Wildman–Crippen LogP) is 1.99. The fraction of sp³-hybridized carbons (Fsp3) is 0.429. The second-order valence-corrected chi connectivity index (χ2v) is 6.11. The van der Waals surface area contributed by atoms with Crippen LogP contribution in [0.1, 0.15) is 22.9 Å². The Labute approximate surface area is 117 Å². The Morgan fingerprint density at radius 1 is 1.42 bits per heavy atom. The maximum absolute atomic E-state index is 5.78. The fourth-order valence-corrected chi connectivity index (χ4v) is 3.30. The first-order chi connectivity index (χ1) is 9.22. The molecule has 3 heterocycles. The molecule has 0 aliphatic carbocycles. The maximum Gasteiger partial charge on any atom is 0.225 e. The van der Waals surface area contributed by atoms with E-state index in [4.69, 9.17) is 5.73 Å². The lowest BCUT2D eigenvalue weighted by Gasteiger charge is -2.26. The monoisotopic (exact) mass is 274 g/mol. The van der Waals surface area contributed by atoms with Crippen LogP contribution in [0.2, 0.25) is 0 Å². The van der Waals surface area contributed by atoms with Crippen LogP contribution in [-0.2, 0) is 19.4 Å². The van der Waals surface area contributed by atoms with Crippen molar-refractivity contribution in [2.24, 2.45) is 5.73 Å². The summed E-state index contributed by atoms with van der Waals surface area (Å²) in [6.45, 7) is 3.92. The van der Waals surface area contributed by atoms with Crippen LogP contribution in [0.25, 0.3) is 0 Å². The molecule has 5 heteroatoms. The third-order valence-corrected chi connectivity index (χ3v) is 4.36. The van der Waals surface area contributed by atoms with Crippen LogP contribution < -0.4 is 10.6 Å². The first kappa shape index (κ1) is 12.6. The number of hydrogen-bond acceptors (Lipinski definition) is 5. The molecule has 0 spiro atoms. The fourth-order valence-electron chi connectivity index (χ4n) is 2.41. The highest BCUT2D eigenvalue weighted by atomic mass is 32.1. The van der Waals surface area contributed by atoms with Gasteiger partial charge in [-0.25, -0.2) is 9.97 Å². The van der Waals surface area contributed by atoms with Crippen molar-refractivity contribution in [3.63, 3.8) is 0 Å². The summed E-state index contributed by atoms with van der Waals surface area (Å²) in [6.07, 6.45) is 5.72. The van der Waals surface area contributed by atoms with Gasteiger partial charge < -0.3 is 10.6 Å². The number of nitrogens with two attached hydrogens (primary N) is 1. The van der Waals surface area contributed by atoms with Gasteiger partial charge in [-0.3, -0.25) is 0 Å². The molecule has 0 radical (unpaired) electrons. The van der Waals surface area contributed by atoms with Crippen LogP contribution in [0.3, 0.4) is 0 Å². The molecule has 0 saturated heterocycles. The molecular weight excluding hydrogens is 256 g/mol. The van der Waals surface area contributed by atoms with E-state index in [0.717, 1.165) is 37.4 Å². The van der Waals surface area contributed by atoms with Crippen LogP contribution in [0.5, 0.6) is 0 Å². The number of aromatic nitrogens is 2. The average Bonchev–Trinajstić information content (AvgIpc) is 2.86. The van der Waals surface area contributed by atoms with Crippen molar-refractivity contribution in [3.05, 3.63) is 39.8 Å². The highest BCUT2D eigenvalue weighted by Gasteiger charge is 2.19. The SMILES string of the molecule is CC(N)Cc1cnc(N2CCc3sccc3C2)nc1. The molecule has 0 bridgehead atoms. The summed E-state index contributed by atoms with van der Waals surface area (Å²) in [5.41, 5.74) is 8.30. The van der Waals surface area contributed by atoms with Crippen LogP contribution in [0.4, 0.5) is 5.95 Å². The topological polar surface area (TPSA) is 55.0 Å². The summed E-state index contributed by atoms with van der Waals surface area (Å²) in [5, 5.41) is 2.17. The zero-order valence-corrected chi connectivity index (χ0v) is 11.9. The lowest BCUT2D eigenvalue weighted by molar-refractivity contribution is 0.706. The lowest BCUT2D eigenvalue weighted by atomic mass is 10.1. The standard InChI is InChI=1S/C14H18N4S/c1-10(15)6-11-7-16-14(17-8-11)18-4-2-13-12(9-18)3-5-19-13/h3,5,7-8,10H,2,4,6,9,15H2,1H3. The molecule has 0 aromatic carbocycles. The molecule has 4 nitrogen and oxygen atoms in total. The van der Waals surface area contributed by atoms with E-state index in [0.29, 0.717) is 0 Å². The quantitative estimate of drug-likeness (QED) is 0.930. The van der Waals surface area contributed by atoms with E-state index >= 15 is 0 Å². The summed E-state index contributed by atoms with van der Waals surface area (Å²) < 4.78 is 0. The molecule has 0 fully saturated rings. The van der Waals surface area contributed by atoms with Crippen molar-refractivity contribution in [1.82, 2.24) is 9.97 Å². The molecule has 2 aromatic heterocycles. The van der Waals surface area contributed by atoms with Gasteiger partial charge in [0.1, 0.15) is 0 Å². The Bertz CT molecular complexity index is 547. The average molecular weight is 274 g/mol. The van der Waals surface area contributed by atoms with Crippen molar-refractivity contribution in [2.45, 2.75) is 32.4 Å². The summed E-state index contributed by atoms with van der Waals surface area (Å²) in [7, 11) is 0. The van der Waals surface area contributed by atoms with Gasteiger partial charge in [0, 0.05) is 36.4 Å². The van der Waals surface area contributed by atoms with Gasteiger partial charge in [0.2, 0.25) is 5.95 Å². The van der Waals surface area contributed by atoms with E-state index in [2.05, 4.69) is 26.3 Å². The highest BCUT2D eigenvalue weighted by molar-refractivity contribution is 7.10. The van der Waals surface area contributed by atoms with Crippen LogP contribution in [-0.4, -0.2) is 22.6 Å². The van der Waals surface area contributed by atoms with Gasteiger partial charge in [-0.15, -0.1) is 11.3 Å². The van der Waals surface area contributed by atoms with E-state index in [1.807, 2.05) is 30.7 Å². The molecule has 0 saturated carbocycles. The highest BCUT2D eigenvalue weighted by Crippen LogP contribution is 2.25. The summed E-state index contributed by atoms with van der Waals surface area (Å²) in [4.78, 5) is 12.7. The van der Waals surface area contributed by atoms with Crippen molar-refractivity contribution >= 4 is 17.3 Å². The first-order valence-corrected chi connectivity index (χ1v) is 7.47. The Balaban J connectivity index is 1.73. The van der Waals surface area contributed by atoms with E-state index < -0.39 is 0 Å². The Hall–Kier alpha value is -1.46. The Morgan fingerprint density at radius 3 is 2.95 bits per heavy atom. The zero-order valence-electron chi connectivity index (χ0n) is 11.0. The molecule has 3 rings (SSSR count). The largest absolute Gasteiger partial charge is 0.336 e. The van der Waals surface area contributed by atoms with Crippen LogP contribution in [0, 0.1) is 0 Å². The maximum atomic E-state index is 5.78. The van der Waals surface area contributed by atoms with Crippen LogP contribution in [0.15, 0.2) is 23.8 Å². The second-order valence-electron chi connectivity index (χ2n) is 5.11. The molecule has 2 aromatic rings. The van der Waals surface area contributed by atoms with Gasteiger partial charge in [-0.2, -0.15) is 0 Å². The minimum atomic E-state index is 0.151. The van der Waals surface area contributed by atoms with Crippen molar-refractivity contribution in [3.8, 4) is 0 Å². The second kappa shape index (κ2) is 5.27. The lowest BCUT2D eigenvalue weighted by Crippen LogP contribution is -2.31. The molecule has 1 aliphatic rings. The molecule has 100 valence electrons. The summed E-state index contributed by atoms with van der Waals surface area (Å²) in [5.74, 6) is 0.824. The normalized spacial score (nSPS) is 16.2. The molecule has 1 unspecified atom stereocenters. The number of thiophene rings is 1. The molecule has 19 heavy (non-hydrogen) atoms. The zero-order chi connectivity index (χ0) is 13.2. The molecule has 2 N–H and O–H groups in total. The molecule has 0 amide bonds. The van der Waals surface area contributed by atoms with Gasteiger partial charge in [-0.1, -0.05) is 0 Å². The predicted molar refractivity (Wildman–Crippen MR) is 78.5 cm³/mol. The van der Waals surface area contributed by atoms with Crippen LogP contribution >= 0.6 is 11.3 Å². The number of anilines is 1. The Morgan fingerprint density at radius 2 is 2.21 bits per heavy atom. The number of rotatable bonds is 3. The molecular formula is C14H18N4S. The number of nitrogens with zero attached hydrogens (tertiary/aromatic N) is 3.